The van der Waals surface area contributed by atoms with Crippen LogP contribution in [0.2, 0.25) is 5.02 Å². The van der Waals surface area contributed by atoms with E-state index in [4.69, 9.17) is 17.0 Å². The molecule has 1 atom stereocenters. The highest BCUT2D eigenvalue weighted by atomic mass is 35.5. The summed E-state index contributed by atoms with van der Waals surface area (Å²) in [7, 11) is 0. The first-order valence-corrected chi connectivity index (χ1v) is 7.65. The van der Waals surface area contributed by atoms with Crippen molar-refractivity contribution < 1.29 is 5.11 Å². The molecule has 0 spiro atoms. The Morgan fingerprint density at radius 1 is 1.05 bits per heavy atom. The monoisotopic (exact) mass is 315 g/mol. The van der Waals surface area contributed by atoms with E-state index in [1.807, 2.05) is 52.5 Å². The number of aliphatic hydroxyl groups is 1. The second-order valence-corrected chi connectivity index (χ2v) is 5.67. The van der Waals surface area contributed by atoms with Crippen molar-refractivity contribution in [2.75, 3.05) is 0 Å². The number of hydrogen-bond donors (Lipinski definition) is 2. The number of aromatic nitrogens is 2. The summed E-state index contributed by atoms with van der Waals surface area (Å²) in [5.41, 5.74) is 3.17. The molecule has 0 aliphatic carbocycles. The summed E-state index contributed by atoms with van der Waals surface area (Å²) in [6.45, 7) is 3.09. The highest BCUT2D eigenvalue weighted by molar-refractivity contribution is 6.30. The molecular weight excluding hydrogens is 298 g/mol. The SMILES string of the molecule is CCn1c(=N)n(CC(O)c2ccc(Cl)cc2)c2ccccc21. The van der Waals surface area contributed by atoms with Crippen molar-refractivity contribution in [2.24, 2.45) is 0 Å². The molecule has 0 amide bonds. The van der Waals surface area contributed by atoms with Crippen LogP contribution in [0.1, 0.15) is 18.6 Å². The highest BCUT2D eigenvalue weighted by Crippen LogP contribution is 2.20. The number of halogens is 1. The summed E-state index contributed by atoms with van der Waals surface area (Å²) >= 11 is 5.88. The molecule has 2 aromatic carbocycles. The fourth-order valence-electron chi connectivity index (χ4n) is 2.76. The molecule has 0 radical (unpaired) electrons. The van der Waals surface area contributed by atoms with Gasteiger partial charge in [-0.2, -0.15) is 0 Å². The summed E-state index contributed by atoms with van der Waals surface area (Å²) in [6, 6.07) is 15.1. The Bertz CT molecular complexity index is 848. The lowest BCUT2D eigenvalue weighted by molar-refractivity contribution is 0.155. The van der Waals surface area contributed by atoms with Crippen LogP contribution in [0, 0.1) is 5.41 Å². The van der Waals surface area contributed by atoms with E-state index in [0.29, 0.717) is 17.2 Å². The Balaban J connectivity index is 2.02. The predicted molar refractivity (Wildman–Crippen MR) is 87.9 cm³/mol. The lowest BCUT2D eigenvalue weighted by atomic mass is 10.1. The Morgan fingerprint density at radius 3 is 2.23 bits per heavy atom. The minimum absolute atomic E-state index is 0.341. The van der Waals surface area contributed by atoms with E-state index >= 15 is 0 Å². The molecule has 114 valence electrons. The van der Waals surface area contributed by atoms with Gasteiger partial charge in [0, 0.05) is 11.6 Å². The van der Waals surface area contributed by atoms with Gasteiger partial charge in [0.05, 0.1) is 23.7 Å². The van der Waals surface area contributed by atoms with Gasteiger partial charge in [0.2, 0.25) is 5.62 Å². The number of aryl methyl sites for hydroxylation is 1. The largest absolute Gasteiger partial charge is 0.387 e. The van der Waals surface area contributed by atoms with Gasteiger partial charge in [-0.05, 0) is 36.8 Å². The summed E-state index contributed by atoms with van der Waals surface area (Å²) in [6.07, 6.45) is -0.678. The highest BCUT2D eigenvalue weighted by Gasteiger charge is 2.14. The third kappa shape index (κ3) is 2.56. The molecule has 0 bridgehead atoms. The van der Waals surface area contributed by atoms with Gasteiger partial charge in [-0.15, -0.1) is 0 Å². The summed E-state index contributed by atoms with van der Waals surface area (Å²) in [5, 5.41) is 19.5. The number of hydrogen-bond acceptors (Lipinski definition) is 2. The predicted octanol–water partition coefficient (Wildman–Crippen LogP) is 3.33. The molecule has 0 saturated carbocycles. The number of para-hydroxylation sites is 2. The molecular formula is C17H18ClN3O. The number of nitrogens with one attached hydrogen (secondary N) is 1. The van der Waals surface area contributed by atoms with Crippen molar-refractivity contribution in [1.29, 1.82) is 5.41 Å². The van der Waals surface area contributed by atoms with Crippen molar-refractivity contribution in [2.45, 2.75) is 26.1 Å². The van der Waals surface area contributed by atoms with Gasteiger partial charge in [-0.25, -0.2) is 0 Å². The third-order valence-corrected chi connectivity index (χ3v) is 4.15. The van der Waals surface area contributed by atoms with Gasteiger partial charge in [-0.1, -0.05) is 35.9 Å². The first-order chi connectivity index (χ1) is 10.6. The Morgan fingerprint density at radius 2 is 1.64 bits per heavy atom. The Kier molecular flexibility index (Phi) is 4.05. The van der Waals surface area contributed by atoms with E-state index in [0.717, 1.165) is 23.1 Å². The second-order valence-electron chi connectivity index (χ2n) is 5.23. The first-order valence-electron chi connectivity index (χ1n) is 7.28. The first kappa shape index (κ1) is 14.9. The van der Waals surface area contributed by atoms with Crippen LogP contribution in [0.5, 0.6) is 0 Å². The van der Waals surface area contributed by atoms with Gasteiger partial charge in [0.15, 0.2) is 0 Å². The Hall–Kier alpha value is -2.04. The van der Waals surface area contributed by atoms with Crippen molar-refractivity contribution in [3.05, 3.63) is 64.7 Å². The molecule has 4 nitrogen and oxygen atoms in total. The number of aliphatic hydroxyl groups excluding tert-OH is 1. The van der Waals surface area contributed by atoms with Crippen molar-refractivity contribution >= 4 is 22.6 Å². The smallest absolute Gasteiger partial charge is 0.203 e. The molecule has 5 heteroatoms. The molecule has 2 N–H and O–H groups in total. The van der Waals surface area contributed by atoms with Gasteiger partial charge < -0.3 is 14.2 Å². The van der Waals surface area contributed by atoms with E-state index in [1.54, 1.807) is 12.1 Å². The zero-order valence-corrected chi connectivity index (χ0v) is 13.1. The van der Waals surface area contributed by atoms with Gasteiger partial charge in [0.1, 0.15) is 0 Å². The summed E-state index contributed by atoms with van der Waals surface area (Å²) in [4.78, 5) is 0. The topological polar surface area (TPSA) is 53.9 Å². The maximum atomic E-state index is 10.5. The molecule has 0 aliphatic heterocycles. The molecule has 0 aliphatic rings. The molecule has 0 saturated heterocycles. The molecule has 1 unspecified atom stereocenters. The van der Waals surface area contributed by atoms with Crippen LogP contribution in [0.4, 0.5) is 0 Å². The van der Waals surface area contributed by atoms with E-state index in [9.17, 15) is 5.11 Å². The van der Waals surface area contributed by atoms with Crippen LogP contribution in [0.25, 0.3) is 11.0 Å². The average Bonchev–Trinajstić information content (AvgIpc) is 2.80. The number of rotatable bonds is 4. The molecule has 1 heterocycles. The van der Waals surface area contributed by atoms with Crippen LogP contribution in [0.3, 0.4) is 0 Å². The normalized spacial score (nSPS) is 12.7. The van der Waals surface area contributed by atoms with Crippen LogP contribution in [-0.2, 0) is 13.1 Å². The molecule has 22 heavy (non-hydrogen) atoms. The third-order valence-electron chi connectivity index (χ3n) is 3.90. The van der Waals surface area contributed by atoms with Gasteiger partial charge in [-0.3, -0.25) is 5.41 Å². The zero-order valence-electron chi connectivity index (χ0n) is 12.3. The minimum Gasteiger partial charge on any atom is -0.387 e. The Labute approximate surface area is 133 Å². The zero-order chi connectivity index (χ0) is 15.7. The minimum atomic E-state index is -0.678. The lowest BCUT2D eigenvalue weighted by Gasteiger charge is -2.13. The van der Waals surface area contributed by atoms with Crippen LogP contribution in [0.15, 0.2) is 48.5 Å². The molecule has 1 aromatic heterocycles. The fourth-order valence-corrected chi connectivity index (χ4v) is 2.89. The number of imidazole rings is 1. The van der Waals surface area contributed by atoms with Gasteiger partial charge in [0.25, 0.3) is 0 Å². The maximum absolute atomic E-state index is 10.5. The number of fused-ring (bicyclic) bond motifs is 1. The summed E-state index contributed by atoms with van der Waals surface area (Å²) in [5.74, 6) is 0. The van der Waals surface area contributed by atoms with Crippen molar-refractivity contribution in [3.8, 4) is 0 Å². The van der Waals surface area contributed by atoms with Crippen LogP contribution < -0.4 is 5.62 Å². The fraction of sp³-hybridized carbons (Fsp3) is 0.235. The maximum Gasteiger partial charge on any atom is 0.203 e. The van der Waals surface area contributed by atoms with Crippen LogP contribution >= 0.6 is 11.6 Å². The molecule has 3 aromatic rings. The molecule has 0 fully saturated rings. The van der Waals surface area contributed by atoms with Crippen molar-refractivity contribution in [3.63, 3.8) is 0 Å². The standard InChI is InChI=1S/C17H18ClN3O/c1-2-20-14-5-3-4-6-15(14)21(17(20)19)11-16(22)12-7-9-13(18)10-8-12/h3-10,16,19,22H,2,11H2,1H3. The quantitative estimate of drug-likeness (QED) is 0.762. The van der Waals surface area contributed by atoms with E-state index in [-0.39, 0.29) is 0 Å². The van der Waals surface area contributed by atoms with Crippen molar-refractivity contribution in [1.82, 2.24) is 9.13 Å². The number of nitrogens with zero attached hydrogens (tertiary/aromatic N) is 2. The number of benzene rings is 2. The molecule has 3 rings (SSSR count). The van der Waals surface area contributed by atoms with Crippen LogP contribution in [-0.4, -0.2) is 14.2 Å². The van der Waals surface area contributed by atoms with E-state index in [2.05, 4.69) is 0 Å². The average molecular weight is 316 g/mol. The lowest BCUT2D eigenvalue weighted by Crippen LogP contribution is -2.26. The second kappa shape index (κ2) is 5.99. The van der Waals surface area contributed by atoms with E-state index < -0.39 is 6.10 Å². The summed E-state index contributed by atoms with van der Waals surface area (Å²) < 4.78 is 3.78. The van der Waals surface area contributed by atoms with E-state index in [1.165, 1.54) is 0 Å². The van der Waals surface area contributed by atoms with Gasteiger partial charge >= 0.3 is 0 Å².